The van der Waals surface area contributed by atoms with Crippen LogP contribution in [0.15, 0.2) is 14.4 Å². The van der Waals surface area contributed by atoms with Crippen molar-refractivity contribution in [2.75, 3.05) is 0 Å². The molecule has 0 unspecified atom stereocenters. The predicted molar refractivity (Wildman–Crippen MR) is 89.6 cm³/mol. The van der Waals surface area contributed by atoms with Gasteiger partial charge >= 0.3 is 35.3 Å². The van der Waals surface area contributed by atoms with Gasteiger partial charge in [0.1, 0.15) is 0 Å². The van der Waals surface area contributed by atoms with E-state index in [0.717, 1.165) is 0 Å². The maximum absolute atomic E-state index is 12.3. The second-order valence-corrected chi connectivity index (χ2v) is 5.52. The topological polar surface area (TPSA) is 220 Å². The van der Waals surface area contributed by atoms with Gasteiger partial charge < -0.3 is 14.6 Å². The monoisotopic (exact) mass is 438 g/mol. The van der Waals surface area contributed by atoms with E-state index in [2.05, 4.69) is 24.3 Å². The molecule has 1 rings (SSSR count). The fourth-order valence-corrected chi connectivity index (χ4v) is 1.45. The number of hydrogen-bond donors (Lipinski definition) is 4. The second kappa shape index (κ2) is 10.2. The second-order valence-electron chi connectivity index (χ2n) is 5.52. The summed E-state index contributed by atoms with van der Waals surface area (Å²) in [5.74, 6) is 0. The summed E-state index contributed by atoms with van der Waals surface area (Å²) in [6.07, 6.45) is -5.49. The molecule has 3 amide bonds. The highest BCUT2D eigenvalue weighted by molar-refractivity contribution is 5.66. The first-order chi connectivity index (χ1) is 13.9. The van der Waals surface area contributed by atoms with Crippen LogP contribution in [0.5, 0.6) is 0 Å². The third-order valence-corrected chi connectivity index (χ3v) is 2.39. The Labute approximate surface area is 165 Å². The van der Waals surface area contributed by atoms with Crippen LogP contribution in [-0.4, -0.2) is 49.8 Å². The molecule has 30 heavy (non-hydrogen) atoms. The van der Waals surface area contributed by atoms with E-state index in [-0.39, 0.29) is 14.2 Å². The third-order valence-electron chi connectivity index (χ3n) is 2.39. The highest BCUT2D eigenvalue weighted by Gasteiger charge is 2.22. The van der Waals surface area contributed by atoms with Crippen molar-refractivity contribution in [2.24, 2.45) is 0 Å². The summed E-state index contributed by atoms with van der Waals surface area (Å²) in [7, 11) is 0. The zero-order valence-electron chi connectivity index (χ0n) is 15.9. The highest BCUT2D eigenvalue weighted by atomic mass is 16.9. The van der Waals surface area contributed by atoms with Gasteiger partial charge in [-0.2, -0.15) is 0 Å². The van der Waals surface area contributed by atoms with E-state index in [1.54, 1.807) is 11.0 Å². The fraction of sp³-hybridized carbons (Fsp3) is 0.500. The molecular weight excluding hydrogens is 420 g/mol. The average molecular weight is 438 g/mol. The molecule has 1 heterocycles. The Hall–Kier alpha value is -4.38. The van der Waals surface area contributed by atoms with E-state index in [0.29, 0.717) is 0 Å². The SMILES string of the molecule is CC(C)OC(=O)NOn1c(=O)n(ONC(=O)O)c(=O)n(ONC(=O)OC(C)C)c1=O. The van der Waals surface area contributed by atoms with Crippen molar-refractivity contribution in [2.45, 2.75) is 39.9 Å². The summed E-state index contributed by atoms with van der Waals surface area (Å²) in [6.45, 7) is 5.94. The van der Waals surface area contributed by atoms with Gasteiger partial charge in [0.05, 0.1) is 12.2 Å². The van der Waals surface area contributed by atoms with Crippen molar-refractivity contribution in [3.8, 4) is 0 Å². The molecule has 18 heteroatoms. The Balaban J connectivity index is 3.29. The van der Waals surface area contributed by atoms with Crippen LogP contribution in [0.1, 0.15) is 27.7 Å². The van der Waals surface area contributed by atoms with Crippen LogP contribution in [0.2, 0.25) is 0 Å². The van der Waals surface area contributed by atoms with E-state index < -0.39 is 47.6 Å². The molecule has 0 saturated carbocycles. The van der Waals surface area contributed by atoms with Gasteiger partial charge in [-0.1, -0.05) is 0 Å². The van der Waals surface area contributed by atoms with Gasteiger partial charge in [0, 0.05) is 0 Å². The molecule has 0 aliphatic carbocycles. The molecule has 18 nitrogen and oxygen atoms in total. The van der Waals surface area contributed by atoms with Crippen LogP contribution in [0.3, 0.4) is 0 Å². The van der Waals surface area contributed by atoms with Crippen molar-refractivity contribution in [1.82, 2.24) is 30.6 Å². The van der Waals surface area contributed by atoms with Crippen molar-refractivity contribution < 1.29 is 43.8 Å². The number of ether oxygens (including phenoxy) is 2. The molecule has 0 spiro atoms. The Morgan fingerprint density at radius 3 is 1.27 bits per heavy atom. The van der Waals surface area contributed by atoms with Crippen LogP contribution in [0.4, 0.5) is 14.4 Å². The van der Waals surface area contributed by atoms with Crippen molar-refractivity contribution in [3.63, 3.8) is 0 Å². The third kappa shape index (κ3) is 6.65. The minimum atomic E-state index is -1.83. The number of aromatic nitrogens is 3. The molecular formula is C12H18N6O12. The van der Waals surface area contributed by atoms with Crippen LogP contribution in [-0.2, 0) is 9.47 Å². The lowest BCUT2D eigenvalue weighted by atomic mass is 10.5. The van der Waals surface area contributed by atoms with Gasteiger partial charge in [-0.15, -0.1) is 16.4 Å². The summed E-state index contributed by atoms with van der Waals surface area (Å²) < 4.78 is 8.35. The van der Waals surface area contributed by atoms with Crippen molar-refractivity contribution >= 4 is 18.3 Å². The minimum absolute atomic E-state index is 0.290. The van der Waals surface area contributed by atoms with Gasteiger partial charge in [-0.25, -0.2) is 28.8 Å². The molecule has 0 aromatic carbocycles. The molecule has 1 aromatic heterocycles. The number of carbonyl (C=O) groups excluding carboxylic acids is 2. The summed E-state index contributed by atoms with van der Waals surface area (Å²) in [5.41, 5.74) is -0.790. The first-order valence-electron chi connectivity index (χ1n) is 7.89. The first kappa shape index (κ1) is 23.7. The lowest BCUT2D eigenvalue weighted by molar-refractivity contribution is -0.0700. The smallest absolute Gasteiger partial charge is 0.442 e. The molecule has 0 atom stereocenters. The van der Waals surface area contributed by atoms with Crippen LogP contribution < -0.4 is 48.3 Å². The molecule has 168 valence electrons. The van der Waals surface area contributed by atoms with E-state index in [4.69, 9.17) is 5.11 Å². The number of hydrogen-bond acceptors (Lipinski definition) is 11. The van der Waals surface area contributed by atoms with Gasteiger partial charge in [0.15, 0.2) is 0 Å². The van der Waals surface area contributed by atoms with E-state index in [9.17, 15) is 28.8 Å². The molecule has 0 saturated heterocycles. The van der Waals surface area contributed by atoms with Crippen molar-refractivity contribution in [1.29, 1.82) is 0 Å². The maximum Gasteiger partial charge on any atom is 0.442 e. The van der Waals surface area contributed by atoms with E-state index in [1.165, 1.54) is 33.2 Å². The lowest BCUT2D eigenvalue weighted by Crippen LogP contribution is -2.63. The zero-order valence-corrected chi connectivity index (χ0v) is 15.9. The number of carboxylic acid groups (broad SMARTS) is 1. The van der Waals surface area contributed by atoms with Gasteiger partial charge in [0.25, 0.3) is 0 Å². The van der Waals surface area contributed by atoms with Gasteiger partial charge in [-0.05, 0) is 41.9 Å². The number of carbonyl (C=O) groups is 3. The number of nitrogens with zero attached hydrogens (tertiary/aromatic N) is 3. The number of amides is 3. The first-order valence-corrected chi connectivity index (χ1v) is 7.89. The number of rotatable bonds is 8. The number of nitrogens with one attached hydrogen (secondary N) is 3. The Morgan fingerprint density at radius 2 is 1.00 bits per heavy atom. The van der Waals surface area contributed by atoms with Crippen LogP contribution in [0.25, 0.3) is 0 Å². The Kier molecular flexibility index (Phi) is 8.08. The quantitative estimate of drug-likeness (QED) is 0.294. The Morgan fingerprint density at radius 1 is 0.700 bits per heavy atom. The van der Waals surface area contributed by atoms with Crippen LogP contribution >= 0.6 is 0 Å². The number of hydroxylamine groups is 3. The fourth-order valence-electron chi connectivity index (χ4n) is 1.45. The molecule has 0 fully saturated rings. The summed E-state index contributed by atoms with van der Waals surface area (Å²) >= 11 is 0. The van der Waals surface area contributed by atoms with Crippen molar-refractivity contribution in [3.05, 3.63) is 31.5 Å². The van der Waals surface area contributed by atoms with Gasteiger partial charge in [0.2, 0.25) is 0 Å². The normalized spacial score (nSPS) is 10.2. The van der Waals surface area contributed by atoms with Gasteiger partial charge in [-0.3, -0.25) is 14.8 Å². The summed E-state index contributed by atoms with van der Waals surface area (Å²) in [5, 5.41) is 8.53. The molecule has 1 aromatic rings. The minimum Gasteiger partial charge on any atom is -0.463 e. The molecule has 4 N–H and O–H groups in total. The Bertz CT molecular complexity index is 896. The highest BCUT2D eigenvalue weighted by Crippen LogP contribution is 1.87. The van der Waals surface area contributed by atoms with E-state index >= 15 is 0 Å². The largest absolute Gasteiger partial charge is 0.463 e. The molecule has 0 aliphatic rings. The van der Waals surface area contributed by atoms with E-state index in [1.807, 2.05) is 0 Å². The summed E-state index contributed by atoms with van der Waals surface area (Å²) in [6, 6.07) is 0. The summed E-state index contributed by atoms with van der Waals surface area (Å²) in [4.78, 5) is 83.1. The molecule has 0 aliphatic heterocycles. The predicted octanol–water partition coefficient (Wildman–Crippen LogP) is -3.26. The standard InChI is InChI=1S/C12H18N6O12/c1-5(2)26-8(21)14-29-17-10(23)16(28-13-7(19)20)11(24)18(12(17)25)30-15-9(22)27-6(3)4/h5-6,13H,1-4H3,(H,14,21)(H,15,22)(H,19,20). The van der Waals surface area contributed by atoms with Crippen LogP contribution in [0, 0.1) is 0 Å². The molecule has 0 radical (unpaired) electrons. The average Bonchev–Trinajstić information content (AvgIpc) is 2.59. The zero-order chi connectivity index (χ0) is 23.0. The maximum atomic E-state index is 12.3. The lowest BCUT2D eigenvalue weighted by Gasteiger charge is -2.14. The molecule has 0 bridgehead atoms.